The maximum atomic E-state index is 12.8. The molecule has 0 atom stereocenters. The Kier molecular flexibility index (Phi) is 8.01. The number of nitrogens with zero attached hydrogens (tertiary/aromatic N) is 3. The molecular formula is C23H25F3N4O2S. The molecule has 0 bridgehead atoms. The number of anilines is 1. The van der Waals surface area contributed by atoms with E-state index >= 15 is 0 Å². The van der Waals surface area contributed by atoms with Crippen LogP contribution >= 0.6 is 11.8 Å². The van der Waals surface area contributed by atoms with Crippen molar-refractivity contribution in [1.29, 1.82) is 0 Å². The zero-order valence-electron chi connectivity index (χ0n) is 18.6. The lowest BCUT2D eigenvalue weighted by molar-refractivity contribution is -0.137. The summed E-state index contributed by atoms with van der Waals surface area (Å²) < 4.78 is 45.6. The zero-order valence-corrected chi connectivity index (χ0v) is 19.4. The van der Waals surface area contributed by atoms with Gasteiger partial charge < -0.3 is 14.6 Å². The van der Waals surface area contributed by atoms with Gasteiger partial charge in [0.25, 0.3) is 0 Å². The van der Waals surface area contributed by atoms with Crippen LogP contribution in [0.5, 0.6) is 5.75 Å². The molecule has 3 aromatic rings. The van der Waals surface area contributed by atoms with Gasteiger partial charge in [-0.3, -0.25) is 4.79 Å². The summed E-state index contributed by atoms with van der Waals surface area (Å²) in [5, 5.41) is 11.4. The molecule has 0 saturated heterocycles. The third kappa shape index (κ3) is 6.74. The van der Waals surface area contributed by atoms with Crippen molar-refractivity contribution in [3.63, 3.8) is 0 Å². The van der Waals surface area contributed by atoms with Crippen LogP contribution in [-0.2, 0) is 30.9 Å². The first-order valence-electron chi connectivity index (χ1n) is 10.3. The van der Waals surface area contributed by atoms with Gasteiger partial charge in [0.1, 0.15) is 11.6 Å². The Morgan fingerprint density at radius 1 is 1.15 bits per heavy atom. The highest BCUT2D eigenvalue weighted by Gasteiger charge is 2.30. The van der Waals surface area contributed by atoms with Gasteiger partial charge in [0, 0.05) is 19.2 Å². The van der Waals surface area contributed by atoms with E-state index in [0.717, 1.165) is 48.5 Å². The summed E-state index contributed by atoms with van der Waals surface area (Å²) in [5.41, 5.74) is 1.60. The highest BCUT2D eigenvalue weighted by molar-refractivity contribution is 7.99. The maximum Gasteiger partial charge on any atom is 0.416 e. The maximum absolute atomic E-state index is 12.8. The molecule has 1 aromatic heterocycles. The van der Waals surface area contributed by atoms with Gasteiger partial charge in [0.05, 0.1) is 18.4 Å². The lowest BCUT2D eigenvalue weighted by atomic mass is 10.0. The standard InChI is InChI=1S/C23H25F3N4O2S/c1-15-12-16(10-11-19(15)32-3)6-4-9-20-28-29-22(30(20)2)33-14-21(31)27-18-8-5-7-17(13-18)23(24,25)26/h5,7-8,10-13H,4,6,9,14H2,1-3H3,(H,27,31). The van der Waals surface area contributed by atoms with E-state index < -0.39 is 17.6 Å². The van der Waals surface area contributed by atoms with Crippen LogP contribution in [0.3, 0.4) is 0 Å². The molecule has 0 aliphatic heterocycles. The van der Waals surface area contributed by atoms with Crippen LogP contribution in [0.4, 0.5) is 18.9 Å². The van der Waals surface area contributed by atoms with Gasteiger partial charge in [-0.2, -0.15) is 13.2 Å². The van der Waals surface area contributed by atoms with Crippen molar-refractivity contribution < 1.29 is 22.7 Å². The van der Waals surface area contributed by atoms with Gasteiger partial charge in [0.15, 0.2) is 5.16 Å². The molecule has 0 radical (unpaired) electrons. The van der Waals surface area contributed by atoms with Crippen molar-refractivity contribution in [2.75, 3.05) is 18.2 Å². The fourth-order valence-corrected chi connectivity index (χ4v) is 4.07. The predicted octanol–water partition coefficient (Wildman–Crippen LogP) is 5.06. The number of halogens is 3. The van der Waals surface area contributed by atoms with Gasteiger partial charge in [-0.25, -0.2) is 0 Å². The summed E-state index contributed by atoms with van der Waals surface area (Å²) in [6, 6.07) is 10.7. The molecule has 33 heavy (non-hydrogen) atoms. The van der Waals surface area contributed by atoms with Crippen molar-refractivity contribution >= 4 is 23.4 Å². The fraction of sp³-hybridized carbons (Fsp3) is 0.348. The first-order valence-corrected chi connectivity index (χ1v) is 11.3. The van der Waals surface area contributed by atoms with E-state index in [9.17, 15) is 18.0 Å². The number of aryl methyl sites for hydroxylation is 3. The second-order valence-electron chi connectivity index (χ2n) is 7.53. The Bertz CT molecular complexity index is 1120. The molecule has 0 aliphatic rings. The Morgan fingerprint density at radius 3 is 2.64 bits per heavy atom. The number of carbonyl (C=O) groups excluding carboxylic acids is 1. The molecule has 1 heterocycles. The number of amides is 1. The summed E-state index contributed by atoms with van der Waals surface area (Å²) in [7, 11) is 3.49. The van der Waals surface area contributed by atoms with Crippen LogP contribution < -0.4 is 10.1 Å². The highest BCUT2D eigenvalue weighted by Crippen LogP contribution is 2.30. The average molecular weight is 479 g/mol. The third-order valence-electron chi connectivity index (χ3n) is 5.06. The minimum atomic E-state index is -4.46. The number of nitrogens with one attached hydrogen (secondary N) is 1. The van der Waals surface area contributed by atoms with Crippen molar-refractivity contribution in [3.05, 3.63) is 65.0 Å². The van der Waals surface area contributed by atoms with Crippen molar-refractivity contribution in [3.8, 4) is 5.75 Å². The first-order chi connectivity index (χ1) is 15.7. The molecule has 0 fully saturated rings. The molecule has 10 heteroatoms. The minimum Gasteiger partial charge on any atom is -0.496 e. The monoisotopic (exact) mass is 478 g/mol. The molecular weight excluding hydrogens is 453 g/mol. The van der Waals surface area contributed by atoms with Crippen LogP contribution in [0.25, 0.3) is 0 Å². The molecule has 0 spiro atoms. The van der Waals surface area contributed by atoms with Crippen LogP contribution in [0.15, 0.2) is 47.6 Å². The third-order valence-corrected chi connectivity index (χ3v) is 6.08. The largest absolute Gasteiger partial charge is 0.496 e. The van der Waals surface area contributed by atoms with E-state index in [-0.39, 0.29) is 11.4 Å². The Hall–Kier alpha value is -3.01. The number of rotatable bonds is 9. The summed E-state index contributed by atoms with van der Waals surface area (Å²) in [6.07, 6.45) is -1.96. The van der Waals surface area contributed by atoms with Gasteiger partial charge in [0.2, 0.25) is 5.91 Å². The molecule has 1 N–H and O–H groups in total. The smallest absolute Gasteiger partial charge is 0.416 e. The number of thioether (sulfide) groups is 1. The number of hydrogen-bond acceptors (Lipinski definition) is 5. The predicted molar refractivity (Wildman–Crippen MR) is 122 cm³/mol. The molecule has 2 aromatic carbocycles. The molecule has 3 rings (SSSR count). The van der Waals surface area contributed by atoms with Crippen LogP contribution in [0.2, 0.25) is 0 Å². The van der Waals surface area contributed by atoms with E-state index in [0.29, 0.717) is 5.16 Å². The fourth-order valence-electron chi connectivity index (χ4n) is 3.34. The minimum absolute atomic E-state index is 0.00729. The van der Waals surface area contributed by atoms with E-state index in [1.54, 1.807) is 7.11 Å². The number of methoxy groups -OCH3 is 1. The number of aromatic nitrogens is 3. The van der Waals surface area contributed by atoms with Gasteiger partial charge in [-0.05, 0) is 55.2 Å². The summed E-state index contributed by atoms with van der Waals surface area (Å²) in [5.74, 6) is 1.26. The number of alkyl halides is 3. The van der Waals surface area contributed by atoms with Crippen LogP contribution in [0.1, 0.15) is 28.9 Å². The van der Waals surface area contributed by atoms with E-state index in [2.05, 4.69) is 21.6 Å². The first kappa shape index (κ1) is 24.6. The van der Waals surface area contributed by atoms with Crippen molar-refractivity contribution in [2.45, 2.75) is 37.5 Å². The molecule has 0 aliphatic carbocycles. The Labute approximate surface area is 194 Å². The van der Waals surface area contributed by atoms with E-state index in [1.807, 2.05) is 30.7 Å². The highest BCUT2D eigenvalue weighted by atomic mass is 32.2. The lowest BCUT2D eigenvalue weighted by Crippen LogP contribution is -2.15. The quantitative estimate of drug-likeness (QED) is 0.436. The topological polar surface area (TPSA) is 69.0 Å². The number of benzene rings is 2. The zero-order chi connectivity index (χ0) is 24.0. The molecule has 6 nitrogen and oxygen atoms in total. The molecule has 1 amide bonds. The Morgan fingerprint density at radius 2 is 1.94 bits per heavy atom. The summed E-state index contributed by atoms with van der Waals surface area (Å²) >= 11 is 1.18. The van der Waals surface area contributed by atoms with Crippen molar-refractivity contribution in [2.24, 2.45) is 7.05 Å². The second-order valence-corrected chi connectivity index (χ2v) is 8.47. The number of ether oxygens (including phenoxy) is 1. The van der Waals surface area contributed by atoms with Crippen LogP contribution in [-0.4, -0.2) is 33.5 Å². The Balaban J connectivity index is 1.49. The van der Waals surface area contributed by atoms with E-state index in [1.165, 1.54) is 29.5 Å². The van der Waals surface area contributed by atoms with Gasteiger partial charge in [-0.1, -0.05) is 30.0 Å². The normalized spacial score (nSPS) is 11.5. The SMILES string of the molecule is COc1ccc(CCCc2nnc(SCC(=O)Nc3cccc(C(F)(F)F)c3)n2C)cc1C. The molecule has 0 unspecified atom stereocenters. The molecule has 176 valence electrons. The van der Waals surface area contributed by atoms with Crippen LogP contribution in [0, 0.1) is 6.92 Å². The average Bonchev–Trinajstić information content (AvgIpc) is 3.11. The summed E-state index contributed by atoms with van der Waals surface area (Å²) in [6.45, 7) is 2.01. The summed E-state index contributed by atoms with van der Waals surface area (Å²) in [4.78, 5) is 12.2. The lowest BCUT2D eigenvalue weighted by Gasteiger charge is -2.10. The van der Waals surface area contributed by atoms with Crippen molar-refractivity contribution in [1.82, 2.24) is 14.8 Å². The number of carbonyl (C=O) groups is 1. The van der Waals surface area contributed by atoms with Gasteiger partial charge in [-0.15, -0.1) is 10.2 Å². The molecule has 0 saturated carbocycles. The van der Waals surface area contributed by atoms with E-state index in [4.69, 9.17) is 4.74 Å². The second kappa shape index (κ2) is 10.7. The van der Waals surface area contributed by atoms with Gasteiger partial charge >= 0.3 is 6.18 Å². The number of hydrogen-bond donors (Lipinski definition) is 1.